The Hall–Kier alpha value is -7.00. The average molecular weight is 1030 g/mol. The minimum Gasteiger partial charge on any atom is -0.481 e. The number of carbonyl (C=O) groups excluding carboxylic acids is 6. The maximum absolute atomic E-state index is 14.3. The lowest BCUT2D eigenvalue weighted by Gasteiger charge is -2.26. The molecule has 4 aromatic rings. The first-order valence-corrected chi connectivity index (χ1v) is 26.0. The molecule has 0 radical (unpaired) electrons. The molecule has 0 spiro atoms. The molecule has 1 aromatic heterocycles. The molecule has 73 heavy (non-hydrogen) atoms. The molecule has 5 atom stereocenters. The number of carbonyl (C=O) groups is 7. The molecule has 21 heteroatoms. The zero-order chi connectivity index (χ0) is 53.6. The van der Waals surface area contributed by atoms with Crippen LogP contribution in [0, 0.1) is 0 Å². The Balaban J connectivity index is 1.49. The van der Waals surface area contributed by atoms with Crippen LogP contribution in [0.3, 0.4) is 0 Å². The van der Waals surface area contributed by atoms with Gasteiger partial charge in [0, 0.05) is 36.0 Å². The van der Waals surface area contributed by atoms with Crippen molar-refractivity contribution in [2.75, 3.05) is 6.54 Å². The standard InChI is InChI=1S/C52H71N7O13S/c1-6-8-22-41(57-49(65)43(59-51(67)71-52(3,4)5)29-35-25-27-38(28-26-35)72-73(68,69)70)47(63)54-33-45(60)56-44(30-36-32-53-40-24-16-15-21-39(36)40)50(66)58-42(23-9-7-2)48(64)55-37(31-46(61)62)20-14-13-19-34-17-11-10-12-18-34/h10-12,15-18,21,24-28,32,37,41-44,53H,6-9,13-14,19-20,22-23,29-31,33H2,1-5H3,(H,54,63)(H,55,64)(H,56,60)(H,57,65)(H,58,66)(H,59,67)(H,61,62)(H,68,69,70)/t37?,41-,42-,43-,44+/m0/s1. The predicted octanol–water partition coefficient (Wildman–Crippen LogP) is 5.35. The first-order valence-electron chi connectivity index (χ1n) is 24.7. The summed E-state index contributed by atoms with van der Waals surface area (Å²) in [7, 11) is -4.80. The predicted molar refractivity (Wildman–Crippen MR) is 274 cm³/mol. The molecule has 0 saturated carbocycles. The lowest BCUT2D eigenvalue weighted by Crippen LogP contribution is -2.57. The second kappa shape index (κ2) is 28.9. The number of aromatic nitrogens is 1. The molecule has 0 saturated heterocycles. The molecule has 0 aliphatic rings. The zero-order valence-electron chi connectivity index (χ0n) is 42.2. The van der Waals surface area contributed by atoms with Crippen LogP contribution < -0.4 is 36.1 Å². The number of ether oxygens (including phenoxy) is 1. The van der Waals surface area contributed by atoms with Crippen molar-refractivity contribution in [2.45, 2.75) is 154 Å². The maximum atomic E-state index is 14.3. The molecule has 0 fully saturated rings. The van der Waals surface area contributed by atoms with Crippen molar-refractivity contribution in [1.29, 1.82) is 0 Å². The van der Waals surface area contributed by atoms with Crippen molar-refractivity contribution < 1.29 is 60.6 Å². The average Bonchev–Trinajstić information content (AvgIpc) is 3.73. The SMILES string of the molecule is CCCC[C@H](NC(=O)[C@H](Cc1ccc(OS(=O)(=O)O)cc1)NC(=O)OC(C)(C)C)C(=O)NCC(=O)N[C@H](Cc1c[nH]c2ccccc12)C(=O)N[C@@H](CCCC)C(=O)NC(CCCCc1ccccc1)CC(=O)O. The number of hydrogen-bond donors (Lipinski definition) is 9. The van der Waals surface area contributed by atoms with Crippen LogP contribution in [-0.4, -0.2) is 107 Å². The highest BCUT2D eigenvalue weighted by Gasteiger charge is 2.32. The van der Waals surface area contributed by atoms with E-state index in [2.05, 4.69) is 41.1 Å². The number of rotatable bonds is 30. The van der Waals surface area contributed by atoms with E-state index in [1.807, 2.05) is 68.4 Å². The summed E-state index contributed by atoms with van der Waals surface area (Å²) in [5, 5.41) is 26.7. The van der Waals surface area contributed by atoms with Gasteiger partial charge in [0.05, 0.1) is 13.0 Å². The molecule has 1 unspecified atom stereocenters. The third-order valence-electron chi connectivity index (χ3n) is 11.6. The first-order chi connectivity index (χ1) is 34.6. The second-order valence-corrected chi connectivity index (χ2v) is 19.9. The van der Waals surface area contributed by atoms with Crippen molar-refractivity contribution in [2.24, 2.45) is 0 Å². The van der Waals surface area contributed by atoms with Crippen molar-refractivity contribution in [1.82, 2.24) is 36.9 Å². The van der Waals surface area contributed by atoms with Crippen LogP contribution >= 0.6 is 0 Å². The monoisotopic (exact) mass is 1030 g/mol. The van der Waals surface area contributed by atoms with Crippen LogP contribution in [0.15, 0.2) is 85.1 Å². The number of H-pyrrole nitrogens is 1. The normalized spacial score (nSPS) is 13.6. The lowest BCUT2D eigenvalue weighted by atomic mass is 10.0. The van der Waals surface area contributed by atoms with Gasteiger partial charge in [0.1, 0.15) is 35.5 Å². The topological polar surface area (TPSA) is 301 Å². The molecule has 20 nitrogen and oxygen atoms in total. The quantitative estimate of drug-likeness (QED) is 0.0235. The van der Waals surface area contributed by atoms with E-state index in [0.29, 0.717) is 49.7 Å². The van der Waals surface area contributed by atoms with E-state index < -0.39 is 94.4 Å². The molecular weight excluding hydrogens is 963 g/mol. The van der Waals surface area contributed by atoms with E-state index in [-0.39, 0.29) is 37.9 Å². The first kappa shape index (κ1) is 58.6. The van der Waals surface area contributed by atoms with Crippen LogP contribution in [0.1, 0.15) is 116 Å². The van der Waals surface area contributed by atoms with Crippen LogP contribution in [-0.2, 0) is 63.2 Å². The summed E-state index contributed by atoms with van der Waals surface area (Å²) in [6, 6.07) is 17.0. The highest BCUT2D eigenvalue weighted by Crippen LogP contribution is 2.20. The summed E-state index contributed by atoms with van der Waals surface area (Å²) in [4.78, 5) is 97.7. The summed E-state index contributed by atoms with van der Waals surface area (Å²) in [6.07, 6.45) is 5.70. The van der Waals surface area contributed by atoms with Gasteiger partial charge in [-0.3, -0.25) is 33.3 Å². The fourth-order valence-corrected chi connectivity index (χ4v) is 8.32. The number of benzene rings is 3. The Kier molecular flexibility index (Phi) is 23.2. The molecule has 9 N–H and O–H groups in total. The second-order valence-electron chi connectivity index (χ2n) is 18.9. The van der Waals surface area contributed by atoms with Crippen LogP contribution in [0.5, 0.6) is 5.75 Å². The number of para-hydroxylation sites is 1. The third-order valence-corrected chi connectivity index (χ3v) is 12.0. The smallest absolute Gasteiger partial charge is 0.446 e. The summed E-state index contributed by atoms with van der Waals surface area (Å²) < 4.78 is 41.3. The number of hydrogen-bond acceptors (Lipinski definition) is 11. The number of aryl methyl sites for hydroxylation is 1. The van der Waals surface area contributed by atoms with E-state index >= 15 is 0 Å². The van der Waals surface area contributed by atoms with E-state index in [4.69, 9.17) is 9.29 Å². The number of fused-ring (bicyclic) bond motifs is 1. The third kappa shape index (κ3) is 21.7. The Morgan fingerprint density at radius 3 is 1.84 bits per heavy atom. The maximum Gasteiger partial charge on any atom is 0.446 e. The van der Waals surface area contributed by atoms with Crippen LogP contribution in [0.25, 0.3) is 10.9 Å². The molecule has 0 aliphatic heterocycles. The Bertz CT molecular complexity index is 2570. The molecule has 1 heterocycles. The van der Waals surface area contributed by atoms with E-state index in [9.17, 15) is 47.1 Å². The summed E-state index contributed by atoms with van der Waals surface area (Å²) >= 11 is 0. The summed E-state index contributed by atoms with van der Waals surface area (Å²) in [5.41, 5.74) is 2.13. The number of aliphatic carboxylic acids is 1. The van der Waals surface area contributed by atoms with Crippen molar-refractivity contribution >= 4 is 62.9 Å². The summed E-state index contributed by atoms with van der Waals surface area (Å²) in [6.45, 7) is 8.09. The van der Waals surface area contributed by atoms with E-state index in [1.54, 1.807) is 27.0 Å². The molecule has 0 aliphatic carbocycles. The van der Waals surface area contributed by atoms with Gasteiger partial charge >= 0.3 is 22.5 Å². The minimum atomic E-state index is -4.80. The molecule has 6 amide bonds. The lowest BCUT2D eigenvalue weighted by molar-refractivity contribution is -0.138. The number of unbranched alkanes of at least 4 members (excludes halogenated alkanes) is 3. The fraction of sp³-hybridized carbons (Fsp3) is 0.481. The van der Waals surface area contributed by atoms with Gasteiger partial charge in [0.25, 0.3) is 0 Å². The minimum absolute atomic E-state index is 0.0157. The highest BCUT2D eigenvalue weighted by atomic mass is 32.3. The largest absolute Gasteiger partial charge is 0.481 e. The number of carboxylic acids is 1. The van der Waals surface area contributed by atoms with Crippen LogP contribution in [0.2, 0.25) is 0 Å². The molecule has 398 valence electrons. The number of alkyl carbamates (subject to hydrolysis) is 1. The molecule has 3 aromatic carbocycles. The van der Waals surface area contributed by atoms with Crippen molar-refractivity contribution in [3.63, 3.8) is 0 Å². The number of aromatic amines is 1. The number of amides is 6. The molecular formula is C52H71N7O13S. The highest BCUT2D eigenvalue weighted by molar-refractivity contribution is 7.81. The van der Waals surface area contributed by atoms with Gasteiger partial charge < -0.3 is 50.9 Å². The van der Waals surface area contributed by atoms with Crippen molar-refractivity contribution in [3.8, 4) is 5.75 Å². The van der Waals surface area contributed by atoms with Gasteiger partial charge in [-0.1, -0.05) is 107 Å². The Morgan fingerprint density at radius 1 is 0.644 bits per heavy atom. The Labute approximate surface area is 426 Å². The van der Waals surface area contributed by atoms with E-state index in [0.717, 1.165) is 29.3 Å². The summed E-state index contributed by atoms with van der Waals surface area (Å²) in [5.74, 6) is -4.79. The van der Waals surface area contributed by atoms with E-state index in [1.165, 1.54) is 24.3 Å². The van der Waals surface area contributed by atoms with Gasteiger partial charge in [-0.25, -0.2) is 4.79 Å². The fourth-order valence-electron chi connectivity index (χ4n) is 7.96. The van der Waals surface area contributed by atoms with Gasteiger partial charge in [-0.2, -0.15) is 8.42 Å². The van der Waals surface area contributed by atoms with Gasteiger partial charge in [-0.15, -0.1) is 0 Å². The Morgan fingerprint density at radius 2 is 1.23 bits per heavy atom. The van der Waals surface area contributed by atoms with Crippen molar-refractivity contribution in [3.05, 3.63) is 102 Å². The zero-order valence-corrected chi connectivity index (χ0v) is 43.0. The van der Waals surface area contributed by atoms with Crippen LogP contribution in [0.4, 0.5) is 4.79 Å². The van der Waals surface area contributed by atoms with Gasteiger partial charge in [0.2, 0.25) is 29.5 Å². The number of nitrogens with one attached hydrogen (secondary N) is 7. The number of carboxylic acid groups (broad SMARTS) is 1. The van der Waals surface area contributed by atoms with Gasteiger partial charge in [0.15, 0.2) is 0 Å². The van der Waals surface area contributed by atoms with Gasteiger partial charge in [-0.05, 0) is 87.8 Å². The molecule has 0 bridgehead atoms. The molecule has 4 rings (SSSR count).